The lowest BCUT2D eigenvalue weighted by Crippen LogP contribution is -2.01. The van der Waals surface area contributed by atoms with Crippen LogP contribution in [0.5, 0.6) is 11.5 Å². The molecule has 70 valence electrons. The smallest absolute Gasteiger partial charge is 0.341 e. The fraction of sp³-hybridized carbons (Fsp3) is 0.125. The van der Waals surface area contributed by atoms with Crippen molar-refractivity contribution in [2.45, 2.75) is 0 Å². The van der Waals surface area contributed by atoms with E-state index >= 15 is 0 Å². The number of methoxy groups -OCH3 is 1. The van der Waals surface area contributed by atoms with Crippen LogP contribution in [0.2, 0.25) is 5.02 Å². The number of hydrogen-bond acceptors (Lipinski definition) is 4. The molecule has 0 amide bonds. The molecule has 0 atom stereocenters. The standard InChI is InChI=1S/C8H7ClO4/c1-13-8(12)5-2-4(9)3-6(10)7(5)11/h2-3,10-11H,1H3. The van der Waals surface area contributed by atoms with E-state index in [2.05, 4.69) is 4.74 Å². The minimum absolute atomic E-state index is 0.149. The van der Waals surface area contributed by atoms with Crippen LogP contribution in [0.25, 0.3) is 0 Å². The summed E-state index contributed by atoms with van der Waals surface area (Å²) in [6.07, 6.45) is 0. The van der Waals surface area contributed by atoms with Gasteiger partial charge >= 0.3 is 5.97 Å². The molecule has 0 aliphatic carbocycles. The Balaban J connectivity index is 3.28. The summed E-state index contributed by atoms with van der Waals surface area (Å²) >= 11 is 5.54. The van der Waals surface area contributed by atoms with Gasteiger partial charge in [-0.05, 0) is 6.07 Å². The Bertz CT molecular complexity index is 348. The molecule has 2 N–H and O–H groups in total. The van der Waals surface area contributed by atoms with E-state index < -0.39 is 17.5 Å². The number of esters is 1. The van der Waals surface area contributed by atoms with Gasteiger partial charge in [0, 0.05) is 11.1 Å². The Labute approximate surface area is 79.3 Å². The summed E-state index contributed by atoms with van der Waals surface area (Å²) in [6, 6.07) is 2.34. The van der Waals surface area contributed by atoms with Crippen LogP contribution in [0.1, 0.15) is 10.4 Å². The van der Waals surface area contributed by atoms with Crippen LogP contribution in [0.3, 0.4) is 0 Å². The van der Waals surface area contributed by atoms with Crippen LogP contribution in [-0.4, -0.2) is 23.3 Å². The van der Waals surface area contributed by atoms with E-state index in [-0.39, 0.29) is 10.6 Å². The van der Waals surface area contributed by atoms with Crippen molar-refractivity contribution in [2.24, 2.45) is 0 Å². The number of hydrogen-bond donors (Lipinski definition) is 2. The monoisotopic (exact) mass is 202 g/mol. The molecule has 0 bridgehead atoms. The Hall–Kier alpha value is -1.42. The number of phenols is 2. The second kappa shape index (κ2) is 3.53. The molecule has 0 heterocycles. The van der Waals surface area contributed by atoms with Gasteiger partial charge in [0.25, 0.3) is 0 Å². The molecule has 0 spiro atoms. The summed E-state index contributed by atoms with van der Waals surface area (Å²) in [5, 5.41) is 18.4. The van der Waals surface area contributed by atoms with Crippen molar-refractivity contribution in [2.75, 3.05) is 7.11 Å². The molecule has 1 aromatic carbocycles. The fourth-order valence-corrected chi connectivity index (χ4v) is 1.06. The molecule has 5 heteroatoms. The maximum Gasteiger partial charge on any atom is 0.341 e. The number of rotatable bonds is 1. The third-order valence-corrected chi connectivity index (χ3v) is 1.68. The molecule has 0 fully saturated rings. The summed E-state index contributed by atoms with van der Waals surface area (Å²) in [5.74, 6) is -1.74. The molecule has 4 nitrogen and oxygen atoms in total. The van der Waals surface area contributed by atoms with Gasteiger partial charge in [0.1, 0.15) is 5.56 Å². The first-order valence-electron chi connectivity index (χ1n) is 3.36. The summed E-state index contributed by atoms with van der Waals surface area (Å²) < 4.78 is 4.36. The van der Waals surface area contributed by atoms with Crippen LogP contribution >= 0.6 is 11.6 Å². The average molecular weight is 203 g/mol. The fourth-order valence-electron chi connectivity index (χ4n) is 0.850. The molecule has 13 heavy (non-hydrogen) atoms. The summed E-state index contributed by atoms with van der Waals surface area (Å²) in [7, 11) is 1.17. The normalized spacial score (nSPS) is 9.69. The highest BCUT2D eigenvalue weighted by Gasteiger charge is 2.15. The number of aromatic hydroxyl groups is 2. The number of ether oxygens (including phenoxy) is 1. The topological polar surface area (TPSA) is 66.8 Å². The number of benzene rings is 1. The van der Waals surface area contributed by atoms with Gasteiger partial charge in [0.05, 0.1) is 7.11 Å². The molecule has 0 aromatic heterocycles. The second-order valence-corrected chi connectivity index (χ2v) is 2.75. The quantitative estimate of drug-likeness (QED) is 0.536. The number of phenolic OH excluding ortho intramolecular Hbond substituents is 2. The van der Waals surface area contributed by atoms with Crippen LogP contribution in [0.15, 0.2) is 12.1 Å². The predicted molar refractivity (Wildman–Crippen MR) is 46.1 cm³/mol. The molecule has 1 aromatic rings. The summed E-state index contributed by atoms with van der Waals surface area (Å²) in [6.45, 7) is 0. The lowest BCUT2D eigenvalue weighted by atomic mass is 10.2. The first-order valence-corrected chi connectivity index (χ1v) is 3.74. The Morgan fingerprint density at radius 1 is 1.46 bits per heavy atom. The zero-order valence-electron chi connectivity index (χ0n) is 6.74. The summed E-state index contributed by atoms with van der Waals surface area (Å²) in [4.78, 5) is 11.0. The highest BCUT2D eigenvalue weighted by atomic mass is 35.5. The number of halogens is 1. The van der Waals surface area contributed by atoms with Crippen LogP contribution < -0.4 is 0 Å². The van der Waals surface area contributed by atoms with Crippen molar-refractivity contribution < 1.29 is 19.7 Å². The number of carbonyl (C=O) groups is 1. The lowest BCUT2D eigenvalue weighted by Gasteiger charge is -2.04. The van der Waals surface area contributed by atoms with Gasteiger partial charge < -0.3 is 14.9 Å². The predicted octanol–water partition coefficient (Wildman–Crippen LogP) is 1.54. The Kier molecular flexibility index (Phi) is 2.63. The third-order valence-electron chi connectivity index (χ3n) is 1.46. The van der Waals surface area contributed by atoms with E-state index in [1.54, 1.807) is 0 Å². The largest absolute Gasteiger partial charge is 0.504 e. The first kappa shape index (κ1) is 9.67. The molecule has 1 rings (SSSR count). The highest BCUT2D eigenvalue weighted by Crippen LogP contribution is 2.32. The van der Waals surface area contributed by atoms with Crippen LogP contribution in [-0.2, 0) is 4.74 Å². The first-order chi connectivity index (χ1) is 6.06. The van der Waals surface area contributed by atoms with Crippen molar-refractivity contribution in [3.63, 3.8) is 0 Å². The summed E-state index contributed by atoms with van der Waals surface area (Å²) in [5.41, 5.74) is -0.160. The van der Waals surface area contributed by atoms with E-state index in [1.807, 2.05) is 0 Å². The molecule has 0 saturated heterocycles. The van der Waals surface area contributed by atoms with Crippen molar-refractivity contribution in [3.05, 3.63) is 22.7 Å². The minimum Gasteiger partial charge on any atom is -0.504 e. The maximum absolute atomic E-state index is 11.0. The van der Waals surface area contributed by atoms with E-state index in [1.165, 1.54) is 13.2 Å². The van der Waals surface area contributed by atoms with Gasteiger partial charge in [0.15, 0.2) is 11.5 Å². The van der Waals surface area contributed by atoms with Gasteiger partial charge in [-0.2, -0.15) is 0 Å². The lowest BCUT2D eigenvalue weighted by molar-refractivity contribution is 0.0596. The van der Waals surface area contributed by atoms with Gasteiger partial charge in [-0.15, -0.1) is 0 Å². The van der Waals surface area contributed by atoms with E-state index in [0.717, 1.165) is 6.07 Å². The van der Waals surface area contributed by atoms with Gasteiger partial charge in [-0.25, -0.2) is 4.79 Å². The zero-order chi connectivity index (χ0) is 10.0. The second-order valence-electron chi connectivity index (χ2n) is 2.31. The van der Waals surface area contributed by atoms with Crippen molar-refractivity contribution in [1.29, 1.82) is 0 Å². The van der Waals surface area contributed by atoms with Crippen LogP contribution in [0.4, 0.5) is 0 Å². The third kappa shape index (κ3) is 1.84. The van der Waals surface area contributed by atoms with Gasteiger partial charge in [-0.1, -0.05) is 11.6 Å². The Morgan fingerprint density at radius 2 is 2.08 bits per heavy atom. The molecule has 0 unspecified atom stereocenters. The molecule has 0 aliphatic rings. The van der Waals surface area contributed by atoms with Crippen molar-refractivity contribution in [3.8, 4) is 11.5 Å². The molecular weight excluding hydrogens is 196 g/mol. The molecular formula is C8H7ClO4. The minimum atomic E-state index is -0.754. The van der Waals surface area contributed by atoms with E-state index in [0.29, 0.717) is 0 Å². The van der Waals surface area contributed by atoms with Crippen molar-refractivity contribution in [1.82, 2.24) is 0 Å². The molecule has 0 aliphatic heterocycles. The maximum atomic E-state index is 11.0. The van der Waals surface area contributed by atoms with E-state index in [4.69, 9.17) is 16.7 Å². The number of carbonyl (C=O) groups excluding carboxylic acids is 1. The van der Waals surface area contributed by atoms with E-state index in [9.17, 15) is 9.90 Å². The molecule has 0 radical (unpaired) electrons. The SMILES string of the molecule is COC(=O)c1cc(Cl)cc(O)c1O. The van der Waals surface area contributed by atoms with Crippen molar-refractivity contribution >= 4 is 17.6 Å². The van der Waals surface area contributed by atoms with Crippen LogP contribution in [0, 0.1) is 0 Å². The Morgan fingerprint density at radius 3 is 2.62 bits per heavy atom. The molecule has 0 saturated carbocycles. The average Bonchev–Trinajstić information content (AvgIpc) is 2.10. The van der Waals surface area contributed by atoms with Gasteiger partial charge in [0.2, 0.25) is 0 Å². The highest BCUT2D eigenvalue weighted by molar-refractivity contribution is 6.31. The van der Waals surface area contributed by atoms with Gasteiger partial charge in [-0.3, -0.25) is 0 Å². The zero-order valence-corrected chi connectivity index (χ0v) is 7.50.